The Balaban J connectivity index is 1.55. The average Bonchev–Trinajstić information content (AvgIpc) is 3.54. The van der Waals surface area contributed by atoms with E-state index >= 15 is 0 Å². The minimum atomic E-state index is 0.00968. The molecule has 0 saturated heterocycles. The van der Waals surface area contributed by atoms with Gasteiger partial charge < -0.3 is 14.5 Å². The fraction of sp³-hybridized carbons (Fsp3) is 0.206. The summed E-state index contributed by atoms with van der Waals surface area (Å²) in [7, 11) is 3.39. The molecule has 0 spiro atoms. The molecular formula is C34H33N3O2. The Morgan fingerprint density at radius 2 is 1.36 bits per heavy atom. The van der Waals surface area contributed by atoms with Crippen LogP contribution in [0.15, 0.2) is 90.0 Å². The number of aryl methyl sites for hydroxylation is 3. The minimum Gasteiger partial charge on any atom is -0.497 e. The lowest BCUT2D eigenvalue weighted by molar-refractivity contribution is 0.414. The van der Waals surface area contributed by atoms with Crippen LogP contribution in [0.4, 0.5) is 5.69 Å². The summed E-state index contributed by atoms with van der Waals surface area (Å²) in [5.74, 6) is 1.68. The largest absolute Gasteiger partial charge is 0.497 e. The molecule has 1 aromatic heterocycles. The molecule has 5 aromatic rings. The number of fused-ring (bicyclic) bond motifs is 1. The molecule has 5 heteroatoms. The van der Waals surface area contributed by atoms with Crippen molar-refractivity contribution in [3.8, 4) is 22.8 Å². The molecule has 1 aliphatic rings. The maximum absolute atomic E-state index is 5.44. The highest BCUT2D eigenvalue weighted by Gasteiger charge is 2.35. The Morgan fingerprint density at radius 1 is 0.769 bits per heavy atom. The molecule has 1 N–H and O–H groups in total. The summed E-state index contributed by atoms with van der Waals surface area (Å²) in [5, 5.41) is 8.79. The van der Waals surface area contributed by atoms with Crippen molar-refractivity contribution in [2.75, 3.05) is 19.2 Å². The summed E-state index contributed by atoms with van der Waals surface area (Å²) in [6.07, 6.45) is 0.782. The second-order valence-corrected chi connectivity index (χ2v) is 10.3. The quantitative estimate of drug-likeness (QED) is 0.248. The average molecular weight is 516 g/mol. The number of rotatable bonds is 6. The Morgan fingerprint density at radius 3 is 1.97 bits per heavy atom. The normalized spacial score (nSPS) is 15.1. The van der Waals surface area contributed by atoms with E-state index in [9.17, 15) is 0 Å². The van der Waals surface area contributed by atoms with Crippen LogP contribution in [0.5, 0.6) is 11.5 Å². The van der Waals surface area contributed by atoms with Crippen molar-refractivity contribution >= 4 is 22.3 Å². The van der Waals surface area contributed by atoms with Gasteiger partial charge in [0.2, 0.25) is 0 Å². The molecule has 4 aromatic carbocycles. The predicted octanol–water partition coefficient (Wildman–Crippen LogP) is 8.13. The maximum atomic E-state index is 5.44. The summed E-state index contributed by atoms with van der Waals surface area (Å²) < 4.78 is 10.8. The second-order valence-electron chi connectivity index (χ2n) is 10.3. The molecule has 1 unspecified atom stereocenters. The molecule has 39 heavy (non-hydrogen) atoms. The number of nitrogens with zero attached hydrogens (tertiary/aromatic N) is 2. The first-order chi connectivity index (χ1) is 19.0. The van der Waals surface area contributed by atoms with Crippen LogP contribution in [-0.4, -0.2) is 24.9 Å². The summed E-state index contributed by atoms with van der Waals surface area (Å²) in [5.41, 5.74) is 11.7. The van der Waals surface area contributed by atoms with Crippen molar-refractivity contribution in [1.29, 1.82) is 0 Å². The van der Waals surface area contributed by atoms with Gasteiger partial charge in [0.1, 0.15) is 11.5 Å². The predicted molar refractivity (Wildman–Crippen MR) is 160 cm³/mol. The van der Waals surface area contributed by atoms with Crippen LogP contribution in [0.2, 0.25) is 0 Å². The Bertz CT molecular complexity index is 1660. The van der Waals surface area contributed by atoms with Gasteiger partial charge in [-0.1, -0.05) is 35.9 Å². The van der Waals surface area contributed by atoms with Crippen molar-refractivity contribution in [3.63, 3.8) is 0 Å². The first-order valence-corrected chi connectivity index (χ1v) is 13.3. The van der Waals surface area contributed by atoms with Gasteiger partial charge in [-0.3, -0.25) is 5.01 Å². The molecule has 0 aliphatic carbocycles. The Hall–Kier alpha value is -4.51. The van der Waals surface area contributed by atoms with Crippen LogP contribution >= 0.6 is 0 Å². The van der Waals surface area contributed by atoms with E-state index in [4.69, 9.17) is 14.6 Å². The molecule has 0 amide bonds. The van der Waals surface area contributed by atoms with Gasteiger partial charge in [-0.05, 0) is 97.6 Å². The number of hydrogen-bond donors (Lipinski definition) is 1. The van der Waals surface area contributed by atoms with Crippen LogP contribution < -0.4 is 14.5 Å². The molecule has 0 fully saturated rings. The third-order valence-electron chi connectivity index (χ3n) is 7.66. The highest BCUT2D eigenvalue weighted by Crippen LogP contribution is 2.46. The molecule has 1 aliphatic heterocycles. The smallest absolute Gasteiger partial charge is 0.118 e. The van der Waals surface area contributed by atoms with Gasteiger partial charge in [0.15, 0.2) is 0 Å². The molecule has 196 valence electrons. The van der Waals surface area contributed by atoms with Gasteiger partial charge in [0.05, 0.1) is 37.4 Å². The van der Waals surface area contributed by atoms with Crippen molar-refractivity contribution in [2.45, 2.75) is 33.2 Å². The number of hydrazone groups is 1. The van der Waals surface area contributed by atoms with Crippen molar-refractivity contribution in [3.05, 3.63) is 113 Å². The van der Waals surface area contributed by atoms with Gasteiger partial charge in [-0.25, -0.2) is 0 Å². The van der Waals surface area contributed by atoms with E-state index in [-0.39, 0.29) is 6.04 Å². The third-order valence-corrected chi connectivity index (χ3v) is 7.66. The van der Waals surface area contributed by atoms with Crippen LogP contribution in [0.3, 0.4) is 0 Å². The zero-order valence-electron chi connectivity index (χ0n) is 23.1. The molecule has 0 saturated carbocycles. The van der Waals surface area contributed by atoms with Crippen molar-refractivity contribution in [1.82, 2.24) is 4.98 Å². The summed E-state index contributed by atoms with van der Waals surface area (Å²) >= 11 is 0. The fourth-order valence-electron chi connectivity index (χ4n) is 5.93. The molecule has 1 atom stereocenters. The zero-order chi connectivity index (χ0) is 27.1. The number of anilines is 1. The monoisotopic (exact) mass is 515 g/mol. The molecule has 0 bridgehead atoms. The number of para-hydroxylation sites is 1. The number of H-pyrrole nitrogens is 1. The highest BCUT2D eigenvalue weighted by atomic mass is 16.5. The van der Waals surface area contributed by atoms with Crippen LogP contribution in [0.25, 0.3) is 22.2 Å². The topological polar surface area (TPSA) is 49.9 Å². The number of ether oxygens (including phenoxy) is 2. The van der Waals surface area contributed by atoms with E-state index in [0.717, 1.165) is 46.0 Å². The summed E-state index contributed by atoms with van der Waals surface area (Å²) in [6.45, 7) is 6.53. The standard InChI is InChI=1S/C34H33N3O2/c1-21-18-22(2)34(23(3)19-21)37-31(20-30(36-37)24-10-14-26(38-4)15-11-24)32-28-8-6-7-9-29(28)35-33(32)25-12-16-27(39-5)17-13-25/h6-19,31,35H,20H2,1-5H3. The number of benzene rings is 4. The minimum absolute atomic E-state index is 0.00968. The third kappa shape index (κ3) is 4.44. The highest BCUT2D eigenvalue weighted by molar-refractivity contribution is 6.04. The summed E-state index contributed by atoms with van der Waals surface area (Å²) in [4.78, 5) is 3.74. The first-order valence-electron chi connectivity index (χ1n) is 13.3. The van der Waals surface area contributed by atoms with Crippen LogP contribution in [-0.2, 0) is 0 Å². The first kappa shape index (κ1) is 24.8. The number of nitrogens with one attached hydrogen (secondary N) is 1. The van der Waals surface area contributed by atoms with E-state index in [2.05, 4.69) is 91.4 Å². The molecule has 5 nitrogen and oxygen atoms in total. The van der Waals surface area contributed by atoms with Gasteiger partial charge in [0, 0.05) is 22.9 Å². The van der Waals surface area contributed by atoms with Gasteiger partial charge >= 0.3 is 0 Å². The van der Waals surface area contributed by atoms with E-state index in [1.165, 1.54) is 33.3 Å². The van der Waals surface area contributed by atoms with E-state index in [0.29, 0.717) is 0 Å². The van der Waals surface area contributed by atoms with E-state index in [1.807, 2.05) is 24.3 Å². The number of aromatic amines is 1. The molecule has 0 radical (unpaired) electrons. The van der Waals surface area contributed by atoms with Crippen LogP contribution in [0.1, 0.15) is 40.3 Å². The van der Waals surface area contributed by atoms with Gasteiger partial charge in [0.25, 0.3) is 0 Å². The van der Waals surface area contributed by atoms with Crippen molar-refractivity contribution in [2.24, 2.45) is 5.10 Å². The van der Waals surface area contributed by atoms with Crippen molar-refractivity contribution < 1.29 is 9.47 Å². The molecule has 2 heterocycles. The zero-order valence-corrected chi connectivity index (χ0v) is 23.1. The lowest BCUT2D eigenvalue weighted by Crippen LogP contribution is -2.21. The number of methoxy groups -OCH3 is 2. The van der Waals surface area contributed by atoms with Gasteiger partial charge in [-0.2, -0.15) is 5.10 Å². The number of aromatic nitrogens is 1. The molecular weight excluding hydrogens is 482 g/mol. The summed E-state index contributed by atoms with van der Waals surface area (Å²) in [6, 6.07) is 29.6. The lowest BCUT2D eigenvalue weighted by Gasteiger charge is -2.28. The van der Waals surface area contributed by atoms with Crippen LogP contribution in [0, 0.1) is 20.8 Å². The van der Waals surface area contributed by atoms with E-state index in [1.54, 1.807) is 14.2 Å². The Kier molecular flexibility index (Phi) is 6.35. The maximum Gasteiger partial charge on any atom is 0.118 e. The Labute approximate surface area is 229 Å². The fourth-order valence-corrected chi connectivity index (χ4v) is 5.93. The molecule has 6 rings (SSSR count). The SMILES string of the molecule is COc1ccc(C2=NN(c3c(C)cc(C)cc3C)C(c3c(-c4ccc(OC)cc4)[nH]c4ccccc34)C2)cc1. The van der Waals surface area contributed by atoms with Gasteiger partial charge in [-0.15, -0.1) is 0 Å². The lowest BCUT2D eigenvalue weighted by atomic mass is 9.93. The van der Waals surface area contributed by atoms with E-state index < -0.39 is 0 Å². The number of hydrogen-bond acceptors (Lipinski definition) is 4. The second kappa shape index (κ2) is 9.99.